The summed E-state index contributed by atoms with van der Waals surface area (Å²) in [5, 5.41) is 0. The van der Waals surface area contributed by atoms with Crippen molar-refractivity contribution < 1.29 is 30.5 Å². The third-order valence-corrected chi connectivity index (χ3v) is 1.60. The van der Waals surface area contributed by atoms with Crippen LogP contribution in [0.3, 0.4) is 0 Å². The minimum atomic E-state index is -2.37. The Morgan fingerprint density at radius 1 is 1.36 bits per heavy atom. The molecule has 1 atom stereocenters. The van der Waals surface area contributed by atoms with Crippen molar-refractivity contribution in [1.82, 2.24) is 0 Å². The Morgan fingerprint density at radius 3 is 2.45 bits per heavy atom. The minimum absolute atomic E-state index is 0. The van der Waals surface area contributed by atoms with E-state index in [4.69, 9.17) is 4.89 Å². The molecular formula is C6H14NiO3P+. The van der Waals surface area contributed by atoms with Gasteiger partial charge < -0.3 is 0 Å². The van der Waals surface area contributed by atoms with Gasteiger partial charge in [-0.25, -0.2) is 0 Å². The molecule has 0 aliphatic heterocycles. The van der Waals surface area contributed by atoms with Crippen LogP contribution in [-0.2, 0) is 25.6 Å². The van der Waals surface area contributed by atoms with Crippen molar-refractivity contribution in [3.8, 4) is 0 Å². The van der Waals surface area contributed by atoms with Gasteiger partial charge in [0.25, 0.3) is 0 Å². The van der Waals surface area contributed by atoms with Crippen LogP contribution in [0.4, 0.5) is 0 Å². The molecular weight excluding hydrogens is 210 g/mol. The average Bonchev–Trinajstić information content (AvgIpc) is 1.87. The van der Waals surface area contributed by atoms with Crippen LogP contribution < -0.4 is 0 Å². The Hall–Kier alpha value is 0.514. The molecule has 70 valence electrons. The summed E-state index contributed by atoms with van der Waals surface area (Å²) in [6.07, 6.45) is 4.31. The monoisotopic (exact) mass is 223 g/mol. The molecule has 0 aliphatic rings. The van der Waals surface area contributed by atoms with E-state index in [1.807, 2.05) is 0 Å². The van der Waals surface area contributed by atoms with Crippen molar-refractivity contribution >= 4 is 8.25 Å². The third-order valence-electron chi connectivity index (χ3n) is 1.20. The van der Waals surface area contributed by atoms with Crippen molar-refractivity contribution in [2.45, 2.75) is 32.6 Å². The maximum Gasteiger partial charge on any atom is 0.694 e. The zero-order chi connectivity index (χ0) is 7.82. The van der Waals surface area contributed by atoms with Crippen molar-refractivity contribution in [1.29, 1.82) is 0 Å². The van der Waals surface area contributed by atoms with Crippen LogP contribution >= 0.6 is 8.25 Å². The molecule has 0 saturated heterocycles. The Labute approximate surface area is 78.4 Å². The van der Waals surface area contributed by atoms with E-state index in [0.29, 0.717) is 6.61 Å². The second-order valence-corrected chi connectivity index (χ2v) is 2.87. The molecule has 0 spiro atoms. The molecule has 0 amide bonds. The Kier molecular flexibility index (Phi) is 13.4. The predicted molar refractivity (Wildman–Crippen MR) is 39.9 cm³/mol. The molecule has 0 aromatic heterocycles. The quantitative estimate of drug-likeness (QED) is 0.427. The molecule has 5 heteroatoms. The molecule has 1 unspecified atom stereocenters. The number of rotatable bonds is 6. The summed E-state index contributed by atoms with van der Waals surface area (Å²) in [7, 11) is -2.37. The SMILES string of the molecule is CCCCCCO[P+](=O)O.[Ni]. The normalized spacial score (nSPS) is 10.5. The first-order valence-electron chi connectivity index (χ1n) is 3.56. The summed E-state index contributed by atoms with van der Waals surface area (Å²) in [4.78, 5) is 8.20. The first-order valence-corrected chi connectivity index (χ1v) is 4.69. The van der Waals surface area contributed by atoms with Crippen molar-refractivity contribution in [3.63, 3.8) is 0 Å². The van der Waals surface area contributed by atoms with Gasteiger partial charge in [0.15, 0.2) is 0 Å². The van der Waals surface area contributed by atoms with E-state index in [0.717, 1.165) is 12.8 Å². The van der Waals surface area contributed by atoms with Crippen LogP contribution in [0.25, 0.3) is 0 Å². The molecule has 0 heterocycles. The summed E-state index contributed by atoms with van der Waals surface area (Å²) >= 11 is 0. The Balaban J connectivity index is 0. The van der Waals surface area contributed by atoms with Gasteiger partial charge in [0.05, 0.1) is 0 Å². The molecule has 0 aromatic carbocycles. The van der Waals surface area contributed by atoms with Crippen molar-refractivity contribution in [3.05, 3.63) is 0 Å². The molecule has 3 nitrogen and oxygen atoms in total. The zero-order valence-electron chi connectivity index (χ0n) is 6.56. The molecule has 0 radical (unpaired) electrons. The van der Waals surface area contributed by atoms with Gasteiger partial charge in [-0.2, -0.15) is 0 Å². The molecule has 11 heavy (non-hydrogen) atoms. The second kappa shape index (κ2) is 10.5. The zero-order valence-corrected chi connectivity index (χ0v) is 8.44. The number of hydrogen-bond acceptors (Lipinski definition) is 2. The molecule has 0 aromatic rings. The van der Waals surface area contributed by atoms with Crippen LogP contribution in [-0.4, -0.2) is 11.5 Å². The number of hydrogen-bond donors (Lipinski definition) is 1. The minimum Gasteiger partial charge on any atom is -0.133 e. The van der Waals surface area contributed by atoms with Gasteiger partial charge in [0.2, 0.25) is 0 Å². The van der Waals surface area contributed by atoms with Gasteiger partial charge in [-0.15, -0.1) is 9.42 Å². The van der Waals surface area contributed by atoms with E-state index in [1.165, 1.54) is 12.8 Å². The summed E-state index contributed by atoms with van der Waals surface area (Å²) in [6, 6.07) is 0. The molecule has 0 aliphatic carbocycles. The summed E-state index contributed by atoms with van der Waals surface area (Å²) in [5.74, 6) is 0. The second-order valence-electron chi connectivity index (χ2n) is 2.13. The third kappa shape index (κ3) is 13.5. The fourth-order valence-electron chi connectivity index (χ4n) is 0.671. The molecule has 0 fully saturated rings. The van der Waals surface area contributed by atoms with E-state index < -0.39 is 8.25 Å². The largest absolute Gasteiger partial charge is 0.694 e. The van der Waals surface area contributed by atoms with Crippen molar-refractivity contribution in [2.75, 3.05) is 6.61 Å². The van der Waals surface area contributed by atoms with Crippen LogP contribution in [0.5, 0.6) is 0 Å². The standard InChI is InChI=1S/C6H13O3P.Ni/c1-2-3-4-5-6-9-10(7)8;/h2-6H2,1H3;/p+1. The summed E-state index contributed by atoms with van der Waals surface area (Å²) < 4.78 is 14.4. The molecule has 0 saturated carbocycles. The predicted octanol–water partition coefficient (Wildman–Crippen LogP) is 2.23. The van der Waals surface area contributed by atoms with Gasteiger partial charge in [0.1, 0.15) is 6.61 Å². The first-order chi connectivity index (χ1) is 4.77. The van der Waals surface area contributed by atoms with Gasteiger partial charge >= 0.3 is 8.25 Å². The molecule has 0 bridgehead atoms. The van der Waals surface area contributed by atoms with Crippen LogP contribution in [0.15, 0.2) is 0 Å². The van der Waals surface area contributed by atoms with Gasteiger partial charge in [-0.1, -0.05) is 26.2 Å². The van der Waals surface area contributed by atoms with Crippen molar-refractivity contribution in [2.24, 2.45) is 0 Å². The van der Waals surface area contributed by atoms with E-state index in [9.17, 15) is 4.57 Å². The van der Waals surface area contributed by atoms with E-state index >= 15 is 0 Å². The maximum atomic E-state index is 9.96. The maximum absolute atomic E-state index is 9.96. The molecule has 1 N–H and O–H groups in total. The topological polar surface area (TPSA) is 46.5 Å². The summed E-state index contributed by atoms with van der Waals surface area (Å²) in [6.45, 7) is 2.53. The van der Waals surface area contributed by atoms with E-state index in [2.05, 4.69) is 11.4 Å². The van der Waals surface area contributed by atoms with E-state index in [1.54, 1.807) is 0 Å². The smallest absolute Gasteiger partial charge is 0.133 e. The Bertz CT molecular complexity index is 99.8. The average molecular weight is 224 g/mol. The number of unbranched alkanes of at least 4 members (excludes halogenated alkanes) is 3. The van der Waals surface area contributed by atoms with Crippen LogP contribution in [0, 0.1) is 0 Å². The fourth-order valence-corrected chi connectivity index (χ4v) is 0.957. The van der Waals surface area contributed by atoms with Crippen LogP contribution in [0.1, 0.15) is 32.6 Å². The van der Waals surface area contributed by atoms with Crippen LogP contribution in [0.2, 0.25) is 0 Å². The van der Waals surface area contributed by atoms with Gasteiger partial charge in [-0.05, 0) is 6.42 Å². The fraction of sp³-hybridized carbons (Fsp3) is 1.00. The Morgan fingerprint density at radius 2 is 2.00 bits per heavy atom. The first kappa shape index (κ1) is 14.1. The molecule has 0 rings (SSSR count). The van der Waals surface area contributed by atoms with E-state index in [-0.39, 0.29) is 16.5 Å². The van der Waals surface area contributed by atoms with Gasteiger partial charge in [-0.3, -0.25) is 0 Å². The van der Waals surface area contributed by atoms with Gasteiger partial charge in [0, 0.05) is 21.1 Å². The summed E-state index contributed by atoms with van der Waals surface area (Å²) in [5.41, 5.74) is 0.